The number of carbonyl (C=O) groups excluding carboxylic acids is 2. The van der Waals surface area contributed by atoms with Crippen molar-refractivity contribution in [1.82, 2.24) is 10.6 Å². The highest BCUT2D eigenvalue weighted by atomic mass is 32.2. The Bertz CT molecular complexity index is 688. The Labute approximate surface area is 143 Å². The van der Waals surface area contributed by atoms with Gasteiger partial charge in [-0.2, -0.15) is 0 Å². The van der Waals surface area contributed by atoms with Gasteiger partial charge < -0.3 is 10.6 Å². The number of carbonyl (C=O) groups is 2. The molecular formula is C17H26N2O4S. The van der Waals surface area contributed by atoms with Gasteiger partial charge in [-0.1, -0.05) is 32.9 Å². The molecule has 0 bridgehead atoms. The zero-order valence-electron chi connectivity index (χ0n) is 14.8. The summed E-state index contributed by atoms with van der Waals surface area (Å²) in [7, 11) is -3.13. The molecule has 134 valence electrons. The Balaban J connectivity index is 2.58. The maximum Gasteiger partial charge on any atom is 0.251 e. The van der Waals surface area contributed by atoms with Crippen LogP contribution >= 0.6 is 0 Å². The highest BCUT2D eigenvalue weighted by molar-refractivity contribution is 7.90. The smallest absolute Gasteiger partial charge is 0.251 e. The zero-order chi connectivity index (χ0) is 18.5. The van der Waals surface area contributed by atoms with E-state index in [9.17, 15) is 18.0 Å². The van der Waals surface area contributed by atoms with Gasteiger partial charge in [0.25, 0.3) is 5.91 Å². The lowest BCUT2D eigenvalue weighted by molar-refractivity contribution is -0.122. The first-order valence-electron chi connectivity index (χ1n) is 7.77. The summed E-state index contributed by atoms with van der Waals surface area (Å²) < 4.78 is 22.0. The number of hydrogen-bond donors (Lipinski definition) is 2. The summed E-state index contributed by atoms with van der Waals surface area (Å²) in [5.74, 6) is -0.896. The summed E-state index contributed by atoms with van der Waals surface area (Å²) >= 11 is 0. The number of rotatable bonds is 6. The lowest BCUT2D eigenvalue weighted by atomic mass is 9.86. The highest BCUT2D eigenvalue weighted by Crippen LogP contribution is 2.22. The average Bonchev–Trinajstić information content (AvgIpc) is 2.44. The molecule has 0 saturated carbocycles. The van der Waals surface area contributed by atoms with Gasteiger partial charge in [-0.15, -0.1) is 0 Å². The molecule has 0 aliphatic rings. The molecule has 0 fully saturated rings. The van der Waals surface area contributed by atoms with E-state index >= 15 is 0 Å². The van der Waals surface area contributed by atoms with Crippen molar-refractivity contribution in [2.24, 2.45) is 0 Å². The van der Waals surface area contributed by atoms with E-state index in [1.165, 1.54) is 0 Å². The van der Waals surface area contributed by atoms with E-state index in [1.807, 2.05) is 12.1 Å². The highest BCUT2D eigenvalue weighted by Gasteiger charge is 2.18. The van der Waals surface area contributed by atoms with Gasteiger partial charge in [0.15, 0.2) is 0 Å². The first kappa shape index (κ1) is 20.2. The minimum Gasteiger partial charge on any atom is -0.353 e. The minimum atomic E-state index is -3.13. The number of hydrogen-bond acceptors (Lipinski definition) is 4. The van der Waals surface area contributed by atoms with Crippen molar-refractivity contribution < 1.29 is 18.0 Å². The van der Waals surface area contributed by atoms with Crippen molar-refractivity contribution in [3.05, 3.63) is 35.4 Å². The lowest BCUT2D eigenvalue weighted by Gasteiger charge is -2.19. The second-order valence-corrected chi connectivity index (χ2v) is 9.20. The van der Waals surface area contributed by atoms with Crippen molar-refractivity contribution in [1.29, 1.82) is 0 Å². The minimum absolute atomic E-state index is 0.00178. The van der Waals surface area contributed by atoms with Crippen LogP contribution in [0.1, 0.15) is 43.6 Å². The van der Waals surface area contributed by atoms with Gasteiger partial charge in [0.05, 0.1) is 5.75 Å². The third kappa shape index (κ3) is 6.70. The van der Waals surface area contributed by atoms with E-state index in [2.05, 4.69) is 31.4 Å². The summed E-state index contributed by atoms with van der Waals surface area (Å²) in [6, 6.07) is 6.49. The van der Waals surface area contributed by atoms with Crippen LogP contribution in [0.4, 0.5) is 0 Å². The molecule has 1 atom stereocenters. The summed E-state index contributed by atoms with van der Waals surface area (Å²) in [6.45, 7) is 7.84. The molecule has 2 amide bonds. The molecule has 24 heavy (non-hydrogen) atoms. The molecule has 0 saturated heterocycles. The molecule has 0 aromatic heterocycles. The molecular weight excluding hydrogens is 328 g/mol. The Hall–Kier alpha value is -1.89. The fourth-order valence-electron chi connectivity index (χ4n) is 1.98. The molecule has 2 N–H and O–H groups in total. The van der Waals surface area contributed by atoms with Gasteiger partial charge >= 0.3 is 0 Å². The Kier molecular flexibility index (Phi) is 6.54. The van der Waals surface area contributed by atoms with Gasteiger partial charge in [-0.3, -0.25) is 9.59 Å². The normalized spacial score (nSPS) is 13.2. The van der Waals surface area contributed by atoms with Crippen LogP contribution in [-0.2, 0) is 20.0 Å². The van der Waals surface area contributed by atoms with Crippen LogP contribution in [0.2, 0.25) is 0 Å². The van der Waals surface area contributed by atoms with Crippen LogP contribution in [0.25, 0.3) is 0 Å². The SMILES string of the molecule is CC(NC(=O)c1ccc(C(C)(C)C)cc1)C(=O)NCCS(C)(=O)=O. The first-order chi connectivity index (χ1) is 10.9. The molecule has 1 rings (SSSR count). The zero-order valence-corrected chi connectivity index (χ0v) is 15.7. The van der Waals surface area contributed by atoms with Gasteiger partial charge in [0.1, 0.15) is 15.9 Å². The van der Waals surface area contributed by atoms with Gasteiger partial charge in [0.2, 0.25) is 5.91 Å². The molecule has 1 unspecified atom stereocenters. The Morgan fingerprint density at radius 1 is 1.12 bits per heavy atom. The largest absolute Gasteiger partial charge is 0.353 e. The Morgan fingerprint density at radius 2 is 1.67 bits per heavy atom. The van der Waals surface area contributed by atoms with Gasteiger partial charge in [-0.25, -0.2) is 8.42 Å². The standard InChI is InChI=1S/C17H26N2O4S/c1-12(15(20)18-10-11-24(5,22)23)19-16(21)13-6-8-14(9-7-13)17(2,3)4/h6-9,12H,10-11H2,1-5H3,(H,18,20)(H,19,21). The van der Waals surface area contributed by atoms with Crippen LogP contribution < -0.4 is 10.6 Å². The van der Waals surface area contributed by atoms with Crippen molar-refractivity contribution >= 4 is 21.7 Å². The predicted molar refractivity (Wildman–Crippen MR) is 94.8 cm³/mol. The predicted octanol–water partition coefficient (Wildman–Crippen LogP) is 1.26. The van der Waals surface area contributed by atoms with Crippen LogP contribution in [0.15, 0.2) is 24.3 Å². The van der Waals surface area contributed by atoms with Crippen molar-refractivity contribution in [2.75, 3.05) is 18.6 Å². The second kappa shape index (κ2) is 7.79. The van der Waals surface area contributed by atoms with E-state index < -0.39 is 21.8 Å². The lowest BCUT2D eigenvalue weighted by Crippen LogP contribution is -2.45. The molecule has 0 aliphatic heterocycles. The van der Waals surface area contributed by atoms with Gasteiger partial charge in [0, 0.05) is 18.4 Å². The molecule has 1 aromatic rings. The number of nitrogens with one attached hydrogen (secondary N) is 2. The Morgan fingerprint density at radius 3 is 2.12 bits per heavy atom. The number of amides is 2. The summed E-state index contributed by atoms with van der Waals surface area (Å²) in [4.78, 5) is 24.0. The topological polar surface area (TPSA) is 92.3 Å². The van der Waals surface area contributed by atoms with E-state index in [1.54, 1.807) is 19.1 Å². The van der Waals surface area contributed by atoms with Crippen molar-refractivity contribution in [2.45, 2.75) is 39.2 Å². The summed E-state index contributed by atoms with van der Waals surface area (Å²) in [6.07, 6.45) is 1.10. The summed E-state index contributed by atoms with van der Waals surface area (Å²) in [5, 5.41) is 5.09. The molecule has 1 aromatic carbocycles. The number of benzene rings is 1. The first-order valence-corrected chi connectivity index (χ1v) is 9.83. The third-order valence-corrected chi connectivity index (χ3v) is 4.47. The van der Waals surface area contributed by atoms with Crippen LogP contribution in [0, 0.1) is 0 Å². The monoisotopic (exact) mass is 354 g/mol. The van der Waals surface area contributed by atoms with Gasteiger partial charge in [-0.05, 0) is 30.0 Å². The molecule has 0 radical (unpaired) electrons. The average molecular weight is 354 g/mol. The molecule has 7 heteroatoms. The summed E-state index contributed by atoms with van der Waals surface area (Å²) in [5.41, 5.74) is 1.59. The fourth-order valence-corrected chi connectivity index (χ4v) is 2.45. The maximum absolute atomic E-state index is 12.2. The van der Waals surface area contributed by atoms with E-state index in [4.69, 9.17) is 0 Å². The molecule has 0 spiro atoms. The maximum atomic E-state index is 12.2. The van der Waals surface area contributed by atoms with Crippen LogP contribution in [-0.4, -0.2) is 44.8 Å². The molecule has 0 aliphatic carbocycles. The molecule has 6 nitrogen and oxygen atoms in total. The second-order valence-electron chi connectivity index (χ2n) is 6.94. The van der Waals surface area contributed by atoms with E-state index in [-0.39, 0.29) is 23.6 Å². The fraction of sp³-hybridized carbons (Fsp3) is 0.529. The van der Waals surface area contributed by atoms with Crippen LogP contribution in [0.3, 0.4) is 0 Å². The van der Waals surface area contributed by atoms with Crippen molar-refractivity contribution in [3.63, 3.8) is 0 Å². The van der Waals surface area contributed by atoms with Crippen LogP contribution in [0.5, 0.6) is 0 Å². The molecule has 0 heterocycles. The van der Waals surface area contributed by atoms with Crippen molar-refractivity contribution in [3.8, 4) is 0 Å². The number of sulfone groups is 1. The third-order valence-electron chi connectivity index (χ3n) is 3.53. The van der Waals surface area contributed by atoms with E-state index in [0.717, 1.165) is 11.8 Å². The quantitative estimate of drug-likeness (QED) is 0.804. The van der Waals surface area contributed by atoms with E-state index in [0.29, 0.717) is 5.56 Å².